The van der Waals surface area contributed by atoms with Crippen LogP contribution in [0.3, 0.4) is 0 Å². The lowest BCUT2D eigenvalue weighted by Crippen LogP contribution is -2.25. The number of aromatic carboxylic acids is 1. The number of thiazole rings is 1. The van der Waals surface area contributed by atoms with Gasteiger partial charge >= 0.3 is 5.97 Å². The van der Waals surface area contributed by atoms with Crippen LogP contribution in [-0.4, -0.2) is 39.0 Å². The number of nitrogens with zero attached hydrogens (tertiary/aromatic N) is 3. The summed E-state index contributed by atoms with van der Waals surface area (Å²) >= 11 is 1.27. The molecule has 21 heavy (non-hydrogen) atoms. The van der Waals surface area contributed by atoms with Crippen LogP contribution < -0.4 is 0 Å². The molecule has 0 aliphatic carbocycles. The Hall–Kier alpha value is -1.79. The summed E-state index contributed by atoms with van der Waals surface area (Å²) in [6.07, 6.45) is 4.55. The summed E-state index contributed by atoms with van der Waals surface area (Å²) in [5, 5.41) is 9.94. The number of pyridine rings is 1. The van der Waals surface area contributed by atoms with Gasteiger partial charge in [-0.3, -0.25) is 9.88 Å². The van der Waals surface area contributed by atoms with Gasteiger partial charge in [-0.05, 0) is 37.6 Å². The largest absolute Gasteiger partial charge is 0.477 e. The second-order valence-electron chi connectivity index (χ2n) is 4.80. The fourth-order valence-corrected chi connectivity index (χ4v) is 3.04. The third-order valence-electron chi connectivity index (χ3n) is 3.31. The van der Waals surface area contributed by atoms with Gasteiger partial charge in [0.05, 0.1) is 12.2 Å². The molecule has 0 bridgehead atoms. The van der Waals surface area contributed by atoms with Gasteiger partial charge < -0.3 is 5.11 Å². The Morgan fingerprint density at radius 2 is 2.10 bits per heavy atom. The smallest absolute Gasteiger partial charge is 0.347 e. The van der Waals surface area contributed by atoms with Gasteiger partial charge in [-0.2, -0.15) is 0 Å². The number of carboxylic acid groups (broad SMARTS) is 1. The summed E-state index contributed by atoms with van der Waals surface area (Å²) < 4.78 is 0. The molecule has 2 heterocycles. The first-order valence-electron chi connectivity index (χ1n) is 6.91. The van der Waals surface area contributed by atoms with Crippen LogP contribution in [-0.2, 0) is 13.0 Å². The minimum absolute atomic E-state index is 0.343. The highest BCUT2D eigenvalue weighted by atomic mass is 32.1. The molecule has 0 amide bonds. The van der Waals surface area contributed by atoms with Gasteiger partial charge in [0, 0.05) is 18.9 Å². The normalized spacial score (nSPS) is 11.0. The van der Waals surface area contributed by atoms with Crippen molar-refractivity contribution in [1.29, 1.82) is 0 Å². The highest BCUT2D eigenvalue weighted by Gasteiger charge is 2.15. The Balaban J connectivity index is 1.96. The average molecular weight is 305 g/mol. The molecule has 5 nitrogen and oxygen atoms in total. The maximum atomic E-state index is 11.1. The van der Waals surface area contributed by atoms with Gasteiger partial charge in [-0.1, -0.05) is 6.92 Å². The van der Waals surface area contributed by atoms with Crippen LogP contribution in [0.2, 0.25) is 0 Å². The summed E-state index contributed by atoms with van der Waals surface area (Å²) in [4.78, 5) is 22.0. The second-order valence-corrected chi connectivity index (χ2v) is 5.89. The molecule has 0 aliphatic rings. The molecule has 0 aromatic carbocycles. The molecule has 2 rings (SSSR count). The summed E-state index contributed by atoms with van der Waals surface area (Å²) in [6.45, 7) is 6.37. The zero-order valence-corrected chi connectivity index (χ0v) is 13.1. The number of aromatic nitrogens is 2. The molecular formula is C15H19N3O2S. The monoisotopic (exact) mass is 305 g/mol. The minimum Gasteiger partial charge on any atom is -0.477 e. The van der Waals surface area contributed by atoms with E-state index < -0.39 is 5.97 Å². The quantitative estimate of drug-likeness (QED) is 0.851. The van der Waals surface area contributed by atoms with E-state index in [9.17, 15) is 4.79 Å². The van der Waals surface area contributed by atoms with Crippen molar-refractivity contribution in [2.75, 3.05) is 13.1 Å². The Morgan fingerprint density at radius 3 is 2.67 bits per heavy atom. The molecule has 112 valence electrons. The molecule has 0 fully saturated rings. The third kappa shape index (κ3) is 4.34. The van der Waals surface area contributed by atoms with Crippen molar-refractivity contribution in [3.05, 3.63) is 45.7 Å². The fraction of sp³-hybridized carbons (Fsp3) is 0.400. The molecule has 0 saturated carbocycles. The van der Waals surface area contributed by atoms with Gasteiger partial charge in [0.25, 0.3) is 0 Å². The lowest BCUT2D eigenvalue weighted by molar-refractivity contribution is 0.0701. The van der Waals surface area contributed by atoms with E-state index >= 15 is 0 Å². The van der Waals surface area contributed by atoms with Crippen molar-refractivity contribution >= 4 is 17.3 Å². The molecule has 0 atom stereocenters. The van der Waals surface area contributed by atoms with Gasteiger partial charge in [-0.25, -0.2) is 9.78 Å². The van der Waals surface area contributed by atoms with Crippen LogP contribution in [0.1, 0.15) is 32.9 Å². The molecule has 0 saturated heterocycles. The number of aryl methyl sites for hydroxylation is 1. The first-order chi connectivity index (χ1) is 10.1. The minimum atomic E-state index is -0.893. The van der Waals surface area contributed by atoms with E-state index in [0.29, 0.717) is 17.1 Å². The first-order valence-corrected chi connectivity index (χ1v) is 7.72. The number of carboxylic acids is 1. The standard InChI is InChI=1S/C15H19N3O2S/c1-3-18(9-6-12-4-7-16-8-5-12)10-13-17-11(2)14(21-13)15(19)20/h4-5,7-8H,3,6,9-10H2,1-2H3,(H,19,20). The highest BCUT2D eigenvalue weighted by Crippen LogP contribution is 2.19. The van der Waals surface area contributed by atoms with Gasteiger partial charge in [0.15, 0.2) is 0 Å². The number of likely N-dealkylation sites (N-methyl/N-ethyl adjacent to an activating group) is 1. The highest BCUT2D eigenvalue weighted by molar-refractivity contribution is 7.13. The molecule has 0 aliphatic heterocycles. The Bertz CT molecular complexity index is 598. The van der Waals surface area contributed by atoms with E-state index in [2.05, 4.69) is 21.8 Å². The maximum absolute atomic E-state index is 11.1. The first kappa shape index (κ1) is 15.6. The molecular weight excluding hydrogens is 286 g/mol. The fourth-order valence-electron chi connectivity index (χ4n) is 2.10. The van der Waals surface area contributed by atoms with Crippen molar-refractivity contribution in [2.24, 2.45) is 0 Å². The van der Waals surface area contributed by atoms with Crippen molar-refractivity contribution in [1.82, 2.24) is 14.9 Å². The van der Waals surface area contributed by atoms with Crippen LogP contribution >= 0.6 is 11.3 Å². The Kier molecular flexibility index (Phi) is 5.41. The van der Waals surface area contributed by atoms with E-state index in [1.807, 2.05) is 12.1 Å². The molecule has 0 spiro atoms. The van der Waals surface area contributed by atoms with Crippen LogP contribution in [0.15, 0.2) is 24.5 Å². The van der Waals surface area contributed by atoms with Gasteiger partial charge in [0.2, 0.25) is 0 Å². The summed E-state index contributed by atoms with van der Waals surface area (Å²) in [5.74, 6) is -0.893. The molecule has 1 N–H and O–H groups in total. The summed E-state index contributed by atoms with van der Waals surface area (Å²) in [5.41, 5.74) is 1.86. The predicted molar refractivity (Wildman–Crippen MR) is 82.7 cm³/mol. The van der Waals surface area contributed by atoms with E-state index in [4.69, 9.17) is 5.11 Å². The zero-order valence-electron chi connectivity index (χ0n) is 12.2. The Labute approximate surface area is 128 Å². The van der Waals surface area contributed by atoms with Crippen molar-refractivity contribution < 1.29 is 9.90 Å². The van der Waals surface area contributed by atoms with E-state index in [1.54, 1.807) is 19.3 Å². The lowest BCUT2D eigenvalue weighted by atomic mass is 10.2. The zero-order chi connectivity index (χ0) is 15.2. The number of carbonyl (C=O) groups is 1. The molecule has 6 heteroatoms. The van der Waals surface area contributed by atoms with Crippen molar-refractivity contribution in [3.63, 3.8) is 0 Å². The number of hydrogen-bond acceptors (Lipinski definition) is 5. The van der Waals surface area contributed by atoms with Gasteiger partial charge in [-0.15, -0.1) is 11.3 Å². The van der Waals surface area contributed by atoms with Crippen LogP contribution in [0.25, 0.3) is 0 Å². The Morgan fingerprint density at radius 1 is 1.38 bits per heavy atom. The second kappa shape index (κ2) is 7.28. The van der Waals surface area contributed by atoms with Crippen molar-refractivity contribution in [2.45, 2.75) is 26.8 Å². The van der Waals surface area contributed by atoms with Crippen LogP contribution in [0.5, 0.6) is 0 Å². The predicted octanol–water partition coefficient (Wildman–Crippen LogP) is 2.61. The van der Waals surface area contributed by atoms with Crippen LogP contribution in [0.4, 0.5) is 0 Å². The molecule has 2 aromatic rings. The van der Waals surface area contributed by atoms with E-state index in [-0.39, 0.29) is 0 Å². The molecule has 2 aromatic heterocycles. The van der Waals surface area contributed by atoms with E-state index in [0.717, 1.165) is 24.5 Å². The third-order valence-corrected chi connectivity index (χ3v) is 4.44. The van der Waals surface area contributed by atoms with Crippen LogP contribution in [0, 0.1) is 6.92 Å². The summed E-state index contributed by atoms with van der Waals surface area (Å²) in [7, 11) is 0. The molecule has 0 unspecified atom stereocenters. The van der Waals surface area contributed by atoms with Gasteiger partial charge in [0.1, 0.15) is 9.88 Å². The van der Waals surface area contributed by atoms with E-state index in [1.165, 1.54) is 16.9 Å². The number of hydrogen-bond donors (Lipinski definition) is 1. The topological polar surface area (TPSA) is 66.3 Å². The SMILES string of the molecule is CCN(CCc1ccncc1)Cc1nc(C)c(C(=O)O)s1. The maximum Gasteiger partial charge on any atom is 0.347 e. The molecule has 0 radical (unpaired) electrons. The lowest BCUT2D eigenvalue weighted by Gasteiger charge is -2.18. The average Bonchev–Trinajstić information content (AvgIpc) is 2.85. The summed E-state index contributed by atoms with van der Waals surface area (Å²) in [6, 6.07) is 4.04. The number of rotatable bonds is 7. The van der Waals surface area contributed by atoms with Crippen molar-refractivity contribution in [3.8, 4) is 0 Å².